The molecule has 0 aliphatic heterocycles. The molecule has 0 amide bonds. The van der Waals surface area contributed by atoms with Crippen molar-refractivity contribution in [1.29, 1.82) is 0 Å². The summed E-state index contributed by atoms with van der Waals surface area (Å²) in [5.41, 5.74) is 2.34. The van der Waals surface area contributed by atoms with Crippen LogP contribution >= 0.6 is 0 Å². The first-order valence-electron chi connectivity index (χ1n) is 5.16. The topological polar surface area (TPSA) is 17.8 Å². The van der Waals surface area contributed by atoms with Gasteiger partial charge in [-0.05, 0) is 12.1 Å². The SMILES string of the molecule is C=CC(C)(C)Cn1cnc2ccccc21. The number of allylic oxidation sites excluding steroid dienone is 1. The molecule has 78 valence electrons. The molecule has 2 heteroatoms. The van der Waals surface area contributed by atoms with Gasteiger partial charge in [-0.2, -0.15) is 0 Å². The number of rotatable bonds is 3. The lowest BCUT2D eigenvalue weighted by molar-refractivity contribution is 0.403. The van der Waals surface area contributed by atoms with Crippen molar-refractivity contribution < 1.29 is 0 Å². The molecular formula is C13H16N2. The molecular weight excluding hydrogens is 184 g/mol. The van der Waals surface area contributed by atoms with Gasteiger partial charge >= 0.3 is 0 Å². The number of para-hydroxylation sites is 2. The van der Waals surface area contributed by atoms with Crippen LogP contribution in [0.5, 0.6) is 0 Å². The number of fused-ring (bicyclic) bond motifs is 1. The maximum Gasteiger partial charge on any atom is 0.0958 e. The standard InChI is InChI=1S/C13H16N2/c1-4-13(2,3)9-15-10-14-11-7-5-6-8-12(11)15/h4-8,10H,1,9H2,2-3H3. The molecule has 1 heterocycles. The highest BCUT2D eigenvalue weighted by Gasteiger charge is 2.14. The fourth-order valence-corrected chi connectivity index (χ4v) is 1.64. The Bertz CT molecular complexity index is 480. The first-order valence-corrected chi connectivity index (χ1v) is 5.16. The van der Waals surface area contributed by atoms with Crippen molar-refractivity contribution in [1.82, 2.24) is 9.55 Å². The van der Waals surface area contributed by atoms with Crippen LogP contribution < -0.4 is 0 Å². The predicted molar refractivity (Wildman–Crippen MR) is 63.7 cm³/mol. The van der Waals surface area contributed by atoms with Gasteiger partial charge in [0.25, 0.3) is 0 Å². The number of nitrogens with zero attached hydrogens (tertiary/aromatic N) is 2. The van der Waals surface area contributed by atoms with E-state index in [-0.39, 0.29) is 5.41 Å². The minimum Gasteiger partial charge on any atom is -0.330 e. The minimum atomic E-state index is 0.101. The monoisotopic (exact) mass is 200 g/mol. The second kappa shape index (κ2) is 3.54. The van der Waals surface area contributed by atoms with E-state index < -0.39 is 0 Å². The molecule has 0 fully saturated rings. The van der Waals surface area contributed by atoms with Crippen LogP contribution in [0.3, 0.4) is 0 Å². The van der Waals surface area contributed by atoms with Gasteiger partial charge in [0.05, 0.1) is 17.4 Å². The zero-order valence-electron chi connectivity index (χ0n) is 9.27. The second-order valence-corrected chi connectivity index (χ2v) is 4.55. The molecule has 0 N–H and O–H groups in total. The maximum atomic E-state index is 4.37. The molecule has 1 aromatic heterocycles. The summed E-state index contributed by atoms with van der Waals surface area (Å²) in [5, 5.41) is 0. The molecule has 0 radical (unpaired) electrons. The zero-order valence-corrected chi connectivity index (χ0v) is 9.27. The first-order chi connectivity index (χ1) is 7.12. The Labute approximate surface area is 90.3 Å². The van der Waals surface area contributed by atoms with E-state index in [9.17, 15) is 0 Å². The van der Waals surface area contributed by atoms with Gasteiger partial charge in [-0.1, -0.05) is 32.1 Å². The molecule has 2 rings (SSSR count). The molecule has 2 nitrogen and oxygen atoms in total. The quantitative estimate of drug-likeness (QED) is 0.695. The summed E-state index contributed by atoms with van der Waals surface area (Å²) < 4.78 is 2.18. The molecule has 0 saturated heterocycles. The van der Waals surface area contributed by atoms with Crippen molar-refractivity contribution in [3.63, 3.8) is 0 Å². The lowest BCUT2D eigenvalue weighted by atomic mass is 9.94. The summed E-state index contributed by atoms with van der Waals surface area (Å²) in [5.74, 6) is 0. The van der Waals surface area contributed by atoms with Gasteiger partial charge in [0.15, 0.2) is 0 Å². The first kappa shape index (κ1) is 9.97. The van der Waals surface area contributed by atoms with E-state index in [1.165, 1.54) is 5.52 Å². The zero-order chi connectivity index (χ0) is 10.9. The third-order valence-corrected chi connectivity index (χ3v) is 2.66. The third kappa shape index (κ3) is 1.94. The summed E-state index contributed by atoms with van der Waals surface area (Å²) in [6.45, 7) is 9.12. The fraction of sp³-hybridized carbons (Fsp3) is 0.308. The molecule has 0 unspecified atom stereocenters. The van der Waals surface area contributed by atoms with E-state index in [1.54, 1.807) is 0 Å². The summed E-state index contributed by atoms with van der Waals surface area (Å²) in [7, 11) is 0. The number of hydrogen-bond donors (Lipinski definition) is 0. The molecule has 0 bridgehead atoms. The Balaban J connectivity index is 2.41. The van der Waals surface area contributed by atoms with Crippen molar-refractivity contribution >= 4 is 11.0 Å². The van der Waals surface area contributed by atoms with Crippen LogP contribution in [0.4, 0.5) is 0 Å². The van der Waals surface area contributed by atoms with Gasteiger partial charge in [-0.25, -0.2) is 4.98 Å². The smallest absolute Gasteiger partial charge is 0.0958 e. The van der Waals surface area contributed by atoms with Gasteiger partial charge in [0.2, 0.25) is 0 Å². The molecule has 0 atom stereocenters. The molecule has 2 aromatic rings. The Hall–Kier alpha value is -1.57. The largest absolute Gasteiger partial charge is 0.330 e. The Morgan fingerprint density at radius 1 is 1.40 bits per heavy atom. The van der Waals surface area contributed by atoms with E-state index in [0.717, 1.165) is 12.1 Å². The molecule has 0 aliphatic rings. The molecule has 0 saturated carbocycles. The van der Waals surface area contributed by atoms with Gasteiger partial charge < -0.3 is 4.57 Å². The van der Waals surface area contributed by atoms with Gasteiger partial charge in [0, 0.05) is 12.0 Å². The van der Waals surface area contributed by atoms with E-state index >= 15 is 0 Å². The van der Waals surface area contributed by atoms with E-state index in [2.05, 4.69) is 36.0 Å². The Morgan fingerprint density at radius 2 is 2.13 bits per heavy atom. The fourth-order valence-electron chi connectivity index (χ4n) is 1.64. The van der Waals surface area contributed by atoms with Crippen LogP contribution in [-0.4, -0.2) is 9.55 Å². The minimum absolute atomic E-state index is 0.101. The second-order valence-electron chi connectivity index (χ2n) is 4.55. The Kier molecular flexibility index (Phi) is 2.35. The summed E-state index contributed by atoms with van der Waals surface area (Å²) in [4.78, 5) is 4.37. The normalized spacial score (nSPS) is 11.9. The highest BCUT2D eigenvalue weighted by atomic mass is 15.0. The third-order valence-electron chi connectivity index (χ3n) is 2.66. The summed E-state index contributed by atoms with van der Waals surface area (Å²) in [6, 6.07) is 8.19. The van der Waals surface area contributed by atoms with Crippen molar-refractivity contribution in [3.8, 4) is 0 Å². The average Bonchev–Trinajstić information content (AvgIpc) is 2.62. The average molecular weight is 200 g/mol. The van der Waals surface area contributed by atoms with Crippen LogP contribution in [0.2, 0.25) is 0 Å². The molecule has 0 aliphatic carbocycles. The predicted octanol–water partition coefficient (Wildman–Crippen LogP) is 3.25. The van der Waals surface area contributed by atoms with E-state index in [0.29, 0.717) is 0 Å². The van der Waals surface area contributed by atoms with Crippen molar-refractivity contribution in [2.75, 3.05) is 0 Å². The van der Waals surface area contributed by atoms with Crippen LogP contribution in [0, 0.1) is 5.41 Å². The van der Waals surface area contributed by atoms with Crippen LogP contribution in [-0.2, 0) is 6.54 Å². The lowest BCUT2D eigenvalue weighted by Gasteiger charge is -2.20. The summed E-state index contributed by atoms with van der Waals surface area (Å²) in [6.07, 6.45) is 3.89. The van der Waals surface area contributed by atoms with Crippen LogP contribution in [0.15, 0.2) is 43.2 Å². The van der Waals surface area contributed by atoms with Crippen LogP contribution in [0.25, 0.3) is 11.0 Å². The number of hydrogen-bond acceptors (Lipinski definition) is 1. The molecule has 0 spiro atoms. The van der Waals surface area contributed by atoms with Gasteiger partial charge in [-0.15, -0.1) is 6.58 Å². The summed E-state index contributed by atoms with van der Waals surface area (Å²) >= 11 is 0. The van der Waals surface area contributed by atoms with Gasteiger partial charge in [0.1, 0.15) is 0 Å². The number of aromatic nitrogens is 2. The highest BCUT2D eigenvalue weighted by molar-refractivity contribution is 5.74. The lowest BCUT2D eigenvalue weighted by Crippen LogP contribution is -2.15. The van der Waals surface area contributed by atoms with Crippen LogP contribution in [0.1, 0.15) is 13.8 Å². The van der Waals surface area contributed by atoms with Gasteiger partial charge in [-0.3, -0.25) is 0 Å². The van der Waals surface area contributed by atoms with Crippen molar-refractivity contribution in [3.05, 3.63) is 43.2 Å². The van der Waals surface area contributed by atoms with Crippen molar-refractivity contribution in [2.45, 2.75) is 20.4 Å². The molecule has 1 aromatic carbocycles. The van der Waals surface area contributed by atoms with Crippen molar-refractivity contribution in [2.24, 2.45) is 5.41 Å². The maximum absolute atomic E-state index is 4.37. The molecule has 15 heavy (non-hydrogen) atoms. The number of imidazole rings is 1. The van der Waals surface area contributed by atoms with E-state index in [1.807, 2.05) is 30.6 Å². The highest BCUT2D eigenvalue weighted by Crippen LogP contribution is 2.22. The number of benzene rings is 1. The van der Waals surface area contributed by atoms with E-state index in [4.69, 9.17) is 0 Å². The Morgan fingerprint density at radius 3 is 2.87 bits per heavy atom.